The number of aromatic nitrogens is 1. The summed E-state index contributed by atoms with van der Waals surface area (Å²) in [6.45, 7) is 0.557. The number of thiazole rings is 1. The van der Waals surface area contributed by atoms with Gasteiger partial charge in [0.25, 0.3) is 0 Å². The zero-order chi connectivity index (χ0) is 12.3. The quantitative estimate of drug-likeness (QED) is 0.893. The van der Waals surface area contributed by atoms with Gasteiger partial charge in [0.05, 0.1) is 23.3 Å². The Hall–Kier alpha value is -0.940. The molecule has 0 unspecified atom stereocenters. The Morgan fingerprint density at radius 3 is 2.82 bits per heavy atom. The highest BCUT2D eigenvalue weighted by Crippen LogP contribution is 2.27. The van der Waals surface area contributed by atoms with E-state index in [9.17, 15) is 4.79 Å². The van der Waals surface area contributed by atoms with Gasteiger partial charge in [-0.2, -0.15) is 0 Å². The Balaban J connectivity index is 1.98. The zero-order valence-corrected chi connectivity index (χ0v) is 11.0. The molecule has 1 aliphatic rings. The lowest BCUT2D eigenvalue weighted by molar-refractivity contribution is -0.137. The lowest BCUT2D eigenvalue weighted by Crippen LogP contribution is -2.55. The molecule has 1 amide bonds. The first kappa shape index (κ1) is 12.5. The third-order valence-corrected chi connectivity index (χ3v) is 4.04. The molecule has 1 aromatic rings. The van der Waals surface area contributed by atoms with Crippen LogP contribution in [0.3, 0.4) is 0 Å². The fourth-order valence-corrected chi connectivity index (χ4v) is 2.96. The Morgan fingerprint density at radius 2 is 2.24 bits per heavy atom. The van der Waals surface area contributed by atoms with Gasteiger partial charge >= 0.3 is 0 Å². The van der Waals surface area contributed by atoms with Crippen molar-refractivity contribution in [1.82, 2.24) is 9.88 Å². The second-order valence-corrected chi connectivity index (χ2v) is 5.58. The van der Waals surface area contributed by atoms with Crippen LogP contribution in [0.4, 0.5) is 0 Å². The SMILES string of the molecule is CN(Cc1cscn1)C(=O)C1(N)CCCCC1. The molecule has 0 aromatic carbocycles. The van der Waals surface area contributed by atoms with Gasteiger partial charge in [-0.25, -0.2) is 4.98 Å². The van der Waals surface area contributed by atoms with Crippen molar-refractivity contribution in [3.63, 3.8) is 0 Å². The maximum atomic E-state index is 12.3. The number of hydrogen-bond acceptors (Lipinski definition) is 4. The molecule has 0 bridgehead atoms. The van der Waals surface area contributed by atoms with Crippen molar-refractivity contribution >= 4 is 17.2 Å². The normalized spacial score (nSPS) is 18.9. The summed E-state index contributed by atoms with van der Waals surface area (Å²) in [5, 5.41) is 1.97. The van der Waals surface area contributed by atoms with Gasteiger partial charge in [0, 0.05) is 12.4 Å². The summed E-state index contributed by atoms with van der Waals surface area (Å²) in [7, 11) is 1.81. The Bertz CT molecular complexity index is 371. The van der Waals surface area contributed by atoms with Crippen LogP contribution >= 0.6 is 11.3 Å². The number of hydrogen-bond donors (Lipinski definition) is 1. The van der Waals surface area contributed by atoms with E-state index in [0.29, 0.717) is 6.54 Å². The van der Waals surface area contributed by atoms with Crippen molar-refractivity contribution in [2.45, 2.75) is 44.2 Å². The van der Waals surface area contributed by atoms with Crippen LogP contribution in [0.25, 0.3) is 0 Å². The monoisotopic (exact) mass is 253 g/mol. The molecule has 0 radical (unpaired) electrons. The highest BCUT2D eigenvalue weighted by molar-refractivity contribution is 7.07. The summed E-state index contributed by atoms with van der Waals surface area (Å²) in [6.07, 6.45) is 4.95. The minimum atomic E-state index is -0.636. The zero-order valence-electron chi connectivity index (χ0n) is 10.2. The third kappa shape index (κ3) is 2.84. The molecule has 0 atom stereocenters. The minimum absolute atomic E-state index is 0.0604. The number of nitrogens with two attached hydrogens (primary N) is 1. The topological polar surface area (TPSA) is 59.2 Å². The molecular weight excluding hydrogens is 234 g/mol. The van der Waals surface area contributed by atoms with Crippen molar-refractivity contribution in [3.8, 4) is 0 Å². The first-order valence-corrected chi connectivity index (χ1v) is 6.98. The molecule has 1 heterocycles. The van der Waals surface area contributed by atoms with Gasteiger partial charge in [-0.1, -0.05) is 19.3 Å². The van der Waals surface area contributed by atoms with Crippen molar-refractivity contribution in [2.24, 2.45) is 5.73 Å². The summed E-state index contributed by atoms with van der Waals surface area (Å²) >= 11 is 1.55. The molecule has 0 spiro atoms. The van der Waals surface area contributed by atoms with Gasteiger partial charge in [0.2, 0.25) is 5.91 Å². The van der Waals surface area contributed by atoms with Crippen LogP contribution < -0.4 is 5.73 Å². The summed E-state index contributed by atoms with van der Waals surface area (Å²) in [6, 6.07) is 0. The molecule has 2 rings (SSSR count). The number of rotatable bonds is 3. The number of likely N-dealkylation sites (N-methyl/N-ethyl adjacent to an activating group) is 1. The van der Waals surface area contributed by atoms with Crippen LogP contribution in [0.1, 0.15) is 37.8 Å². The number of carbonyl (C=O) groups is 1. The number of amides is 1. The highest BCUT2D eigenvalue weighted by atomic mass is 32.1. The average molecular weight is 253 g/mol. The molecule has 1 aliphatic carbocycles. The number of carbonyl (C=O) groups excluding carboxylic acids is 1. The van der Waals surface area contributed by atoms with Gasteiger partial charge < -0.3 is 10.6 Å². The second-order valence-electron chi connectivity index (χ2n) is 4.86. The van der Waals surface area contributed by atoms with Gasteiger partial charge in [-0.05, 0) is 12.8 Å². The van der Waals surface area contributed by atoms with Crippen LogP contribution in [0, 0.1) is 0 Å². The van der Waals surface area contributed by atoms with E-state index in [1.807, 2.05) is 12.4 Å². The van der Waals surface area contributed by atoms with E-state index in [1.165, 1.54) is 6.42 Å². The third-order valence-electron chi connectivity index (χ3n) is 3.40. The molecule has 1 aromatic heterocycles. The molecular formula is C12H19N3OS. The van der Waals surface area contributed by atoms with Crippen LogP contribution in [-0.4, -0.2) is 28.4 Å². The predicted octanol–water partition coefficient (Wildman–Crippen LogP) is 1.76. The summed E-state index contributed by atoms with van der Waals surface area (Å²) < 4.78 is 0. The molecule has 0 aliphatic heterocycles. The van der Waals surface area contributed by atoms with Crippen molar-refractivity contribution in [2.75, 3.05) is 7.05 Å². The minimum Gasteiger partial charge on any atom is -0.338 e. The van der Waals surface area contributed by atoms with Crippen LogP contribution in [0.15, 0.2) is 10.9 Å². The van der Waals surface area contributed by atoms with Gasteiger partial charge in [0.15, 0.2) is 0 Å². The van der Waals surface area contributed by atoms with E-state index in [2.05, 4.69) is 4.98 Å². The van der Waals surface area contributed by atoms with Crippen molar-refractivity contribution < 1.29 is 4.79 Å². The lowest BCUT2D eigenvalue weighted by atomic mass is 9.81. The molecule has 4 nitrogen and oxygen atoms in total. The lowest BCUT2D eigenvalue weighted by Gasteiger charge is -2.35. The average Bonchev–Trinajstić information content (AvgIpc) is 2.81. The Kier molecular flexibility index (Phi) is 3.79. The molecule has 1 saturated carbocycles. The van der Waals surface area contributed by atoms with E-state index >= 15 is 0 Å². The summed E-state index contributed by atoms with van der Waals surface area (Å²) in [5.41, 5.74) is 8.31. The molecule has 2 N–H and O–H groups in total. The molecule has 94 valence electrons. The van der Waals surface area contributed by atoms with E-state index in [1.54, 1.807) is 21.7 Å². The van der Waals surface area contributed by atoms with Crippen LogP contribution in [0.2, 0.25) is 0 Å². The van der Waals surface area contributed by atoms with Crippen LogP contribution in [0.5, 0.6) is 0 Å². The smallest absolute Gasteiger partial charge is 0.242 e. The standard InChI is InChI=1S/C12H19N3OS/c1-15(7-10-8-17-9-14-10)11(16)12(13)5-3-2-4-6-12/h8-9H,2-7,13H2,1H3. The van der Waals surface area contributed by atoms with Crippen LogP contribution in [-0.2, 0) is 11.3 Å². The summed E-state index contributed by atoms with van der Waals surface area (Å²) in [4.78, 5) is 18.2. The van der Waals surface area contributed by atoms with Gasteiger partial charge in [-0.15, -0.1) is 11.3 Å². The van der Waals surface area contributed by atoms with E-state index in [4.69, 9.17) is 5.73 Å². The Morgan fingerprint density at radius 1 is 1.53 bits per heavy atom. The molecule has 0 saturated heterocycles. The van der Waals surface area contributed by atoms with E-state index < -0.39 is 5.54 Å². The van der Waals surface area contributed by atoms with Crippen molar-refractivity contribution in [1.29, 1.82) is 0 Å². The number of nitrogens with zero attached hydrogens (tertiary/aromatic N) is 2. The van der Waals surface area contributed by atoms with E-state index in [0.717, 1.165) is 31.4 Å². The van der Waals surface area contributed by atoms with Gasteiger partial charge in [0.1, 0.15) is 0 Å². The first-order valence-electron chi connectivity index (χ1n) is 6.03. The molecule has 1 fully saturated rings. The fraction of sp³-hybridized carbons (Fsp3) is 0.667. The largest absolute Gasteiger partial charge is 0.338 e. The van der Waals surface area contributed by atoms with E-state index in [-0.39, 0.29) is 5.91 Å². The molecule has 17 heavy (non-hydrogen) atoms. The second kappa shape index (κ2) is 5.14. The maximum Gasteiger partial charge on any atom is 0.242 e. The predicted molar refractivity (Wildman–Crippen MR) is 68.6 cm³/mol. The fourth-order valence-electron chi connectivity index (χ4n) is 2.41. The summed E-state index contributed by atoms with van der Waals surface area (Å²) in [5.74, 6) is 0.0604. The Labute approximate surface area is 106 Å². The van der Waals surface area contributed by atoms with Crippen molar-refractivity contribution in [3.05, 3.63) is 16.6 Å². The molecule has 5 heteroatoms. The van der Waals surface area contributed by atoms with Gasteiger partial charge in [-0.3, -0.25) is 4.79 Å². The highest BCUT2D eigenvalue weighted by Gasteiger charge is 2.37. The maximum absolute atomic E-state index is 12.3. The first-order chi connectivity index (χ1) is 8.12.